The van der Waals surface area contributed by atoms with Gasteiger partial charge in [0, 0.05) is 11.0 Å². The van der Waals surface area contributed by atoms with Crippen molar-refractivity contribution in [2.75, 3.05) is 0 Å². The van der Waals surface area contributed by atoms with Crippen LogP contribution in [0.25, 0.3) is 21.5 Å². The SMILES string of the molecule is Cc1ccc(S(=O)(=O)Oc2ccc3ccccc3c2C2=Nc3ccc4ccccc4c3C2(C)C)cc1. The Hall–Kier alpha value is -3.96. The molecule has 0 aromatic heterocycles. The lowest BCUT2D eigenvalue weighted by atomic mass is 9.76. The molecule has 5 aromatic rings. The molecule has 0 aliphatic carbocycles. The van der Waals surface area contributed by atoms with E-state index < -0.39 is 15.5 Å². The maximum Gasteiger partial charge on any atom is 0.339 e. The largest absolute Gasteiger partial charge is 0.378 e. The highest BCUT2D eigenvalue weighted by Gasteiger charge is 2.39. The third-order valence-corrected chi connectivity index (χ3v) is 8.24. The van der Waals surface area contributed by atoms with E-state index in [2.05, 4.69) is 32.0 Å². The molecule has 0 spiro atoms. The van der Waals surface area contributed by atoms with Crippen molar-refractivity contribution in [3.63, 3.8) is 0 Å². The Morgan fingerprint density at radius 1 is 0.722 bits per heavy atom. The lowest BCUT2D eigenvalue weighted by Crippen LogP contribution is -2.28. The topological polar surface area (TPSA) is 55.7 Å². The molecule has 6 rings (SSSR count). The minimum Gasteiger partial charge on any atom is -0.378 e. The van der Waals surface area contributed by atoms with Crippen LogP contribution in [0.3, 0.4) is 0 Å². The monoisotopic (exact) mass is 491 g/mol. The second kappa shape index (κ2) is 8.04. The molecule has 0 N–H and O–H groups in total. The molecule has 1 aliphatic heterocycles. The summed E-state index contributed by atoms with van der Waals surface area (Å²) in [4.78, 5) is 5.21. The second-order valence-electron chi connectivity index (χ2n) is 9.78. The minimum absolute atomic E-state index is 0.120. The van der Waals surface area contributed by atoms with E-state index in [0.29, 0.717) is 5.56 Å². The third kappa shape index (κ3) is 3.50. The average Bonchev–Trinajstić information content (AvgIpc) is 3.14. The molecule has 0 atom stereocenters. The number of rotatable bonds is 4. The van der Waals surface area contributed by atoms with Gasteiger partial charge in [-0.2, -0.15) is 8.42 Å². The Kier molecular flexibility index (Phi) is 5.02. The molecule has 0 radical (unpaired) electrons. The molecule has 5 heteroatoms. The first kappa shape index (κ1) is 22.5. The van der Waals surface area contributed by atoms with Gasteiger partial charge >= 0.3 is 10.1 Å². The molecule has 5 aromatic carbocycles. The number of hydrogen-bond acceptors (Lipinski definition) is 4. The van der Waals surface area contributed by atoms with Gasteiger partial charge in [0.1, 0.15) is 4.90 Å². The van der Waals surface area contributed by atoms with Gasteiger partial charge < -0.3 is 4.18 Å². The molecule has 0 saturated heterocycles. The van der Waals surface area contributed by atoms with Gasteiger partial charge in [-0.15, -0.1) is 0 Å². The highest BCUT2D eigenvalue weighted by Crippen LogP contribution is 2.48. The lowest BCUT2D eigenvalue weighted by Gasteiger charge is -2.26. The highest BCUT2D eigenvalue weighted by atomic mass is 32.2. The molecule has 0 amide bonds. The van der Waals surface area contributed by atoms with Crippen molar-refractivity contribution < 1.29 is 12.6 Å². The zero-order valence-electron chi connectivity index (χ0n) is 20.3. The van der Waals surface area contributed by atoms with Crippen LogP contribution in [-0.2, 0) is 15.5 Å². The molecule has 36 heavy (non-hydrogen) atoms. The summed E-state index contributed by atoms with van der Waals surface area (Å²) in [5, 5.41) is 4.19. The quantitative estimate of drug-likeness (QED) is 0.245. The van der Waals surface area contributed by atoms with Gasteiger partial charge in [-0.05, 0) is 58.3 Å². The van der Waals surface area contributed by atoms with Gasteiger partial charge in [0.15, 0.2) is 5.75 Å². The first-order valence-electron chi connectivity index (χ1n) is 11.9. The summed E-state index contributed by atoms with van der Waals surface area (Å²) in [6, 6.07) is 30.7. The zero-order valence-corrected chi connectivity index (χ0v) is 21.1. The summed E-state index contributed by atoms with van der Waals surface area (Å²) in [5.74, 6) is 0.276. The second-order valence-corrected chi connectivity index (χ2v) is 11.3. The molecular formula is C31H25NO3S. The minimum atomic E-state index is -4.05. The van der Waals surface area contributed by atoms with Crippen molar-refractivity contribution in [1.29, 1.82) is 0 Å². The van der Waals surface area contributed by atoms with Crippen LogP contribution < -0.4 is 4.18 Å². The number of hydrogen-bond donors (Lipinski definition) is 0. The van der Waals surface area contributed by atoms with E-state index >= 15 is 0 Å². The predicted molar refractivity (Wildman–Crippen MR) is 146 cm³/mol. The van der Waals surface area contributed by atoms with Crippen LogP contribution in [0.4, 0.5) is 5.69 Å². The van der Waals surface area contributed by atoms with Gasteiger partial charge in [0.05, 0.1) is 11.4 Å². The number of aliphatic imine (C=N–C) groups is 1. The van der Waals surface area contributed by atoms with Gasteiger partial charge in [0.2, 0.25) is 0 Å². The maximum atomic E-state index is 13.3. The van der Waals surface area contributed by atoms with Gasteiger partial charge in [0.25, 0.3) is 0 Å². The van der Waals surface area contributed by atoms with Crippen LogP contribution in [0.2, 0.25) is 0 Å². The summed E-state index contributed by atoms with van der Waals surface area (Å²) >= 11 is 0. The van der Waals surface area contributed by atoms with E-state index in [1.54, 1.807) is 30.3 Å². The van der Waals surface area contributed by atoms with Crippen LogP contribution in [0.1, 0.15) is 30.5 Å². The third-order valence-electron chi connectivity index (χ3n) is 6.99. The Balaban J connectivity index is 1.57. The highest BCUT2D eigenvalue weighted by molar-refractivity contribution is 7.87. The summed E-state index contributed by atoms with van der Waals surface area (Å²) in [5.41, 5.74) is 4.03. The van der Waals surface area contributed by atoms with E-state index in [9.17, 15) is 8.42 Å². The number of fused-ring (bicyclic) bond motifs is 4. The van der Waals surface area contributed by atoms with E-state index in [-0.39, 0.29) is 10.6 Å². The number of aryl methyl sites for hydroxylation is 1. The van der Waals surface area contributed by atoms with E-state index in [4.69, 9.17) is 9.18 Å². The summed E-state index contributed by atoms with van der Waals surface area (Å²) < 4.78 is 32.5. The van der Waals surface area contributed by atoms with E-state index in [0.717, 1.165) is 44.1 Å². The van der Waals surface area contributed by atoms with Crippen molar-refractivity contribution in [3.8, 4) is 5.75 Å². The molecule has 4 nitrogen and oxygen atoms in total. The van der Waals surface area contributed by atoms with Crippen LogP contribution in [0.5, 0.6) is 5.75 Å². The van der Waals surface area contributed by atoms with Gasteiger partial charge in [-0.1, -0.05) is 92.2 Å². The first-order valence-corrected chi connectivity index (χ1v) is 13.3. The molecule has 0 fully saturated rings. The summed E-state index contributed by atoms with van der Waals surface area (Å²) in [7, 11) is -4.05. The lowest BCUT2D eigenvalue weighted by molar-refractivity contribution is 0.485. The Bertz CT molecular complexity index is 1800. The molecule has 178 valence electrons. The molecule has 1 heterocycles. The fourth-order valence-corrected chi connectivity index (χ4v) is 6.13. The maximum absolute atomic E-state index is 13.3. The zero-order chi connectivity index (χ0) is 25.1. The number of benzene rings is 5. The standard InChI is InChI=1S/C31H25NO3S/c1-20-12-16-23(17-13-20)36(33,34)35-27-19-15-21-8-4-6-10-24(21)28(27)30-31(2,3)29-25-11-7-5-9-22(25)14-18-26(29)32-30/h4-19H,1-3H3. The van der Waals surface area contributed by atoms with Crippen molar-refractivity contribution in [3.05, 3.63) is 114 Å². The van der Waals surface area contributed by atoms with Crippen LogP contribution in [0, 0.1) is 6.92 Å². The fourth-order valence-electron chi connectivity index (χ4n) is 5.19. The normalized spacial score (nSPS) is 14.6. The fraction of sp³-hybridized carbons (Fsp3) is 0.129. The molecule has 0 saturated carbocycles. The summed E-state index contributed by atoms with van der Waals surface area (Å²) in [6.07, 6.45) is 0. The van der Waals surface area contributed by atoms with Crippen molar-refractivity contribution in [2.45, 2.75) is 31.1 Å². The Morgan fingerprint density at radius 2 is 1.33 bits per heavy atom. The van der Waals surface area contributed by atoms with Crippen LogP contribution in [-0.4, -0.2) is 14.1 Å². The average molecular weight is 492 g/mol. The number of nitrogens with zero attached hydrogens (tertiary/aromatic N) is 1. The van der Waals surface area contributed by atoms with E-state index in [1.807, 2.05) is 55.5 Å². The van der Waals surface area contributed by atoms with Crippen LogP contribution >= 0.6 is 0 Å². The van der Waals surface area contributed by atoms with Gasteiger partial charge in [-0.3, -0.25) is 4.99 Å². The Labute approximate surface area is 211 Å². The summed E-state index contributed by atoms with van der Waals surface area (Å²) in [6.45, 7) is 6.20. The Morgan fingerprint density at radius 3 is 2.06 bits per heavy atom. The van der Waals surface area contributed by atoms with Crippen molar-refractivity contribution in [2.24, 2.45) is 4.99 Å². The van der Waals surface area contributed by atoms with Crippen LogP contribution in [0.15, 0.2) is 107 Å². The van der Waals surface area contributed by atoms with Gasteiger partial charge in [-0.25, -0.2) is 0 Å². The molecular weight excluding hydrogens is 466 g/mol. The van der Waals surface area contributed by atoms with Crippen molar-refractivity contribution >= 4 is 43.1 Å². The van der Waals surface area contributed by atoms with Crippen molar-refractivity contribution in [1.82, 2.24) is 0 Å². The first-order chi connectivity index (χ1) is 17.3. The smallest absolute Gasteiger partial charge is 0.339 e. The molecule has 1 aliphatic rings. The molecule has 0 unspecified atom stereocenters. The predicted octanol–water partition coefficient (Wildman–Crippen LogP) is 7.48. The molecule has 0 bridgehead atoms. The van der Waals surface area contributed by atoms with E-state index in [1.165, 1.54) is 0 Å².